The van der Waals surface area contributed by atoms with E-state index < -0.39 is 0 Å². The van der Waals surface area contributed by atoms with Gasteiger partial charge in [-0.05, 0) is 42.3 Å². The fraction of sp³-hybridized carbons (Fsp3) is 0.105. The second-order valence-electron chi connectivity index (χ2n) is 5.88. The summed E-state index contributed by atoms with van der Waals surface area (Å²) in [6.45, 7) is 2.33. The maximum atomic E-state index is 6.29. The normalized spacial score (nSPS) is 11.0. The number of fused-ring (bicyclic) bond motifs is 1. The lowest BCUT2D eigenvalue weighted by molar-refractivity contribution is 0.305. The van der Waals surface area contributed by atoms with Crippen molar-refractivity contribution in [2.75, 3.05) is 5.73 Å². The maximum Gasteiger partial charge on any atom is 0.138 e. The molecular weight excluding hydrogens is 350 g/mol. The number of nitrogen functional groups attached to an aromatic ring is 1. The molecule has 0 aliphatic rings. The van der Waals surface area contributed by atoms with E-state index in [2.05, 4.69) is 20.2 Å². The number of nitrogens with one attached hydrogen (secondary N) is 1. The largest absolute Gasteiger partial charge is 0.486 e. The molecule has 130 valence electrons. The first-order valence-corrected chi connectivity index (χ1v) is 8.42. The fourth-order valence-electron chi connectivity index (χ4n) is 2.93. The Hall–Kier alpha value is -3.12. The Balaban J connectivity index is 1.85. The lowest BCUT2D eigenvalue weighted by atomic mass is 9.97. The van der Waals surface area contributed by atoms with Crippen LogP contribution in [0.2, 0.25) is 5.02 Å². The van der Waals surface area contributed by atoms with Gasteiger partial charge in [0.2, 0.25) is 0 Å². The molecule has 4 rings (SSSR count). The van der Waals surface area contributed by atoms with Gasteiger partial charge in [0.05, 0.1) is 16.6 Å². The molecule has 26 heavy (non-hydrogen) atoms. The summed E-state index contributed by atoms with van der Waals surface area (Å²) in [7, 11) is 0. The van der Waals surface area contributed by atoms with Gasteiger partial charge in [0.25, 0.3) is 0 Å². The average molecular weight is 366 g/mol. The molecule has 0 saturated heterocycles. The fourth-order valence-corrected chi connectivity index (χ4v) is 3.10. The van der Waals surface area contributed by atoms with Gasteiger partial charge in [-0.3, -0.25) is 5.10 Å². The SMILES string of the molecule is Cc1c(Cl)cccc1-c1ccc(OCc2ccn[nH]2)c2c(N)ncnc12. The number of ether oxygens (including phenoxy) is 1. The van der Waals surface area contributed by atoms with Crippen molar-refractivity contribution >= 4 is 28.3 Å². The van der Waals surface area contributed by atoms with Crippen molar-refractivity contribution in [1.82, 2.24) is 20.2 Å². The zero-order valence-corrected chi connectivity index (χ0v) is 14.8. The van der Waals surface area contributed by atoms with Gasteiger partial charge >= 0.3 is 0 Å². The summed E-state index contributed by atoms with van der Waals surface area (Å²) in [4.78, 5) is 8.59. The highest BCUT2D eigenvalue weighted by Crippen LogP contribution is 2.38. The van der Waals surface area contributed by atoms with Crippen LogP contribution in [0.15, 0.2) is 48.9 Å². The second-order valence-corrected chi connectivity index (χ2v) is 6.28. The van der Waals surface area contributed by atoms with Gasteiger partial charge in [0.15, 0.2) is 0 Å². The van der Waals surface area contributed by atoms with E-state index in [1.807, 2.05) is 43.3 Å². The summed E-state index contributed by atoms with van der Waals surface area (Å²) >= 11 is 6.29. The van der Waals surface area contributed by atoms with Crippen LogP contribution >= 0.6 is 11.6 Å². The highest BCUT2D eigenvalue weighted by atomic mass is 35.5. The van der Waals surface area contributed by atoms with Crippen LogP contribution in [0.3, 0.4) is 0 Å². The van der Waals surface area contributed by atoms with Crippen LogP contribution in [-0.4, -0.2) is 20.2 Å². The molecule has 0 radical (unpaired) electrons. The Bertz CT molecular complexity index is 1080. The Kier molecular flexibility index (Phi) is 4.18. The molecule has 0 aliphatic heterocycles. The quantitative estimate of drug-likeness (QED) is 0.567. The van der Waals surface area contributed by atoms with E-state index >= 15 is 0 Å². The minimum atomic E-state index is 0.346. The van der Waals surface area contributed by atoms with Crippen LogP contribution in [0.4, 0.5) is 5.82 Å². The van der Waals surface area contributed by atoms with Crippen molar-refractivity contribution < 1.29 is 4.74 Å². The average Bonchev–Trinajstić information content (AvgIpc) is 3.16. The van der Waals surface area contributed by atoms with Gasteiger partial charge in [0.1, 0.15) is 24.5 Å². The smallest absolute Gasteiger partial charge is 0.138 e. The summed E-state index contributed by atoms with van der Waals surface area (Å²) in [6.07, 6.45) is 3.14. The predicted molar refractivity (Wildman–Crippen MR) is 102 cm³/mol. The number of anilines is 1. The van der Waals surface area contributed by atoms with Crippen molar-refractivity contribution in [2.45, 2.75) is 13.5 Å². The topological polar surface area (TPSA) is 89.7 Å². The second kappa shape index (κ2) is 6.65. The Morgan fingerprint density at radius 1 is 1.12 bits per heavy atom. The van der Waals surface area contributed by atoms with Crippen LogP contribution in [0, 0.1) is 6.92 Å². The number of nitrogens with zero attached hydrogens (tertiary/aromatic N) is 3. The number of hydrogen-bond donors (Lipinski definition) is 2. The van der Waals surface area contributed by atoms with Gasteiger partial charge in [-0.1, -0.05) is 23.7 Å². The lowest BCUT2D eigenvalue weighted by Gasteiger charge is -2.14. The number of aromatic nitrogens is 4. The summed E-state index contributed by atoms with van der Waals surface area (Å²) in [6, 6.07) is 11.5. The highest BCUT2D eigenvalue weighted by Gasteiger charge is 2.15. The van der Waals surface area contributed by atoms with Gasteiger partial charge < -0.3 is 10.5 Å². The molecule has 2 aromatic carbocycles. The highest BCUT2D eigenvalue weighted by molar-refractivity contribution is 6.31. The molecule has 6 nitrogen and oxygen atoms in total. The maximum absolute atomic E-state index is 6.29. The van der Waals surface area contributed by atoms with E-state index in [1.165, 1.54) is 6.33 Å². The van der Waals surface area contributed by atoms with Crippen molar-refractivity contribution in [1.29, 1.82) is 0 Å². The minimum absolute atomic E-state index is 0.346. The minimum Gasteiger partial charge on any atom is -0.486 e. The van der Waals surface area contributed by atoms with Gasteiger partial charge in [-0.25, -0.2) is 9.97 Å². The molecule has 0 aliphatic carbocycles. The van der Waals surface area contributed by atoms with E-state index in [0.717, 1.165) is 27.9 Å². The zero-order valence-electron chi connectivity index (χ0n) is 14.0. The molecular formula is C19H16ClN5O. The Morgan fingerprint density at radius 3 is 2.81 bits per heavy atom. The molecule has 0 unspecified atom stereocenters. The number of hydrogen-bond acceptors (Lipinski definition) is 5. The third kappa shape index (κ3) is 2.84. The lowest BCUT2D eigenvalue weighted by Crippen LogP contribution is -2.01. The zero-order chi connectivity index (χ0) is 18.1. The number of benzene rings is 2. The Morgan fingerprint density at radius 2 is 2.00 bits per heavy atom. The first-order valence-electron chi connectivity index (χ1n) is 8.05. The van der Waals surface area contributed by atoms with Crippen LogP contribution in [0.1, 0.15) is 11.3 Å². The molecule has 4 aromatic rings. The molecule has 2 heterocycles. The summed E-state index contributed by atoms with van der Waals surface area (Å²) in [5, 5.41) is 8.18. The van der Waals surface area contributed by atoms with Gasteiger partial charge in [0, 0.05) is 16.8 Å². The standard InChI is InChI=1S/C19H16ClN5O/c1-11-13(3-2-4-15(11)20)14-5-6-16(26-9-12-7-8-24-25-12)17-18(14)22-10-23-19(17)21/h2-8,10H,9H2,1H3,(H,24,25)(H2,21,22,23). The molecule has 7 heteroatoms. The monoisotopic (exact) mass is 365 g/mol. The van der Waals surface area contributed by atoms with Crippen LogP contribution in [-0.2, 0) is 6.61 Å². The number of nitrogens with two attached hydrogens (primary N) is 1. The van der Waals surface area contributed by atoms with E-state index in [9.17, 15) is 0 Å². The summed E-state index contributed by atoms with van der Waals surface area (Å²) < 4.78 is 5.93. The molecule has 0 fully saturated rings. The predicted octanol–water partition coefficient (Wildman–Crippen LogP) is 4.14. The molecule has 0 atom stereocenters. The molecule has 0 bridgehead atoms. The first-order chi connectivity index (χ1) is 12.6. The molecule has 2 aromatic heterocycles. The van der Waals surface area contributed by atoms with Crippen molar-refractivity contribution in [3.8, 4) is 16.9 Å². The Labute approximate surface area is 155 Å². The molecule has 0 amide bonds. The number of aromatic amines is 1. The van der Waals surface area contributed by atoms with Crippen LogP contribution < -0.4 is 10.5 Å². The van der Waals surface area contributed by atoms with Crippen LogP contribution in [0.25, 0.3) is 22.0 Å². The van der Waals surface area contributed by atoms with Crippen LogP contribution in [0.5, 0.6) is 5.75 Å². The molecule has 0 spiro atoms. The van der Waals surface area contributed by atoms with Crippen molar-refractivity contribution in [3.05, 3.63) is 65.2 Å². The number of H-pyrrole nitrogens is 1. The van der Waals surface area contributed by atoms with Crippen molar-refractivity contribution in [3.63, 3.8) is 0 Å². The van der Waals surface area contributed by atoms with E-state index in [-0.39, 0.29) is 0 Å². The van der Waals surface area contributed by atoms with Gasteiger partial charge in [-0.15, -0.1) is 0 Å². The number of rotatable bonds is 4. The molecule has 0 saturated carbocycles. The first kappa shape index (κ1) is 16.4. The van der Waals surface area contributed by atoms with E-state index in [0.29, 0.717) is 28.6 Å². The third-order valence-corrected chi connectivity index (χ3v) is 4.69. The molecule has 3 N–H and O–H groups in total. The van der Waals surface area contributed by atoms with Gasteiger partial charge in [-0.2, -0.15) is 5.10 Å². The van der Waals surface area contributed by atoms with Crippen molar-refractivity contribution in [2.24, 2.45) is 0 Å². The van der Waals surface area contributed by atoms with E-state index in [1.54, 1.807) is 6.20 Å². The van der Waals surface area contributed by atoms with E-state index in [4.69, 9.17) is 22.1 Å². The summed E-state index contributed by atoms with van der Waals surface area (Å²) in [5.74, 6) is 0.993. The number of halogens is 1. The summed E-state index contributed by atoms with van der Waals surface area (Å²) in [5.41, 5.74) is 10.7. The third-order valence-electron chi connectivity index (χ3n) is 4.28.